The summed E-state index contributed by atoms with van der Waals surface area (Å²) >= 11 is 0. The van der Waals surface area contributed by atoms with Gasteiger partial charge in [0.2, 0.25) is 0 Å². The van der Waals surface area contributed by atoms with Crippen molar-refractivity contribution in [3.8, 4) is 11.3 Å². The molecule has 4 aromatic rings. The predicted molar refractivity (Wildman–Crippen MR) is 110 cm³/mol. The average molecular weight is 369 g/mol. The van der Waals surface area contributed by atoms with Crippen molar-refractivity contribution in [1.82, 2.24) is 9.97 Å². The summed E-state index contributed by atoms with van der Waals surface area (Å²) in [5.41, 5.74) is 5.23. The van der Waals surface area contributed by atoms with E-state index < -0.39 is 5.97 Å². The van der Waals surface area contributed by atoms with E-state index in [0.29, 0.717) is 11.7 Å². The van der Waals surface area contributed by atoms with E-state index in [9.17, 15) is 9.90 Å². The number of pyridine rings is 1. The smallest absolute Gasteiger partial charge is 0.339 e. The lowest BCUT2D eigenvalue weighted by Gasteiger charge is -2.10. The lowest BCUT2D eigenvalue weighted by atomic mass is 10.1. The fraction of sp³-hybridized carbons (Fsp3) is 0.130. The van der Waals surface area contributed by atoms with Crippen LogP contribution in [0.2, 0.25) is 0 Å². The Kier molecular flexibility index (Phi) is 3.86. The number of nitrogens with one attached hydrogen (secondary N) is 2. The van der Waals surface area contributed by atoms with Gasteiger partial charge < -0.3 is 15.4 Å². The number of carboxylic acids is 1. The van der Waals surface area contributed by atoms with Crippen molar-refractivity contribution in [2.24, 2.45) is 0 Å². The van der Waals surface area contributed by atoms with Gasteiger partial charge in [-0.25, -0.2) is 9.78 Å². The number of hydrogen-bond acceptors (Lipinski definition) is 3. The molecule has 1 saturated carbocycles. The number of benzene rings is 2. The zero-order valence-corrected chi connectivity index (χ0v) is 15.1. The van der Waals surface area contributed by atoms with Crippen molar-refractivity contribution >= 4 is 28.4 Å². The Hall–Kier alpha value is -3.60. The molecule has 0 atom stereocenters. The van der Waals surface area contributed by atoms with Crippen LogP contribution in [0.25, 0.3) is 22.2 Å². The van der Waals surface area contributed by atoms with Gasteiger partial charge in [0.05, 0.1) is 0 Å². The summed E-state index contributed by atoms with van der Waals surface area (Å²) in [5, 5.41) is 13.8. The quantitative estimate of drug-likeness (QED) is 0.431. The molecule has 3 N–H and O–H groups in total. The Bertz CT molecular complexity index is 1180. The lowest BCUT2D eigenvalue weighted by Crippen LogP contribution is -2.06. The first kappa shape index (κ1) is 16.6. The highest BCUT2D eigenvalue weighted by Crippen LogP contribution is 2.40. The summed E-state index contributed by atoms with van der Waals surface area (Å²) in [6, 6.07) is 19.9. The van der Waals surface area contributed by atoms with E-state index in [2.05, 4.69) is 33.5 Å². The van der Waals surface area contributed by atoms with E-state index in [4.69, 9.17) is 0 Å². The van der Waals surface area contributed by atoms with Crippen LogP contribution in [0, 0.1) is 0 Å². The molecule has 2 heterocycles. The third-order valence-electron chi connectivity index (χ3n) is 5.16. The van der Waals surface area contributed by atoms with Gasteiger partial charge in [0.15, 0.2) is 0 Å². The van der Waals surface area contributed by atoms with Crippen LogP contribution in [-0.2, 0) is 0 Å². The molecule has 2 aromatic heterocycles. The summed E-state index contributed by atoms with van der Waals surface area (Å²) in [6.07, 6.45) is 4.01. The Morgan fingerprint density at radius 3 is 2.64 bits per heavy atom. The van der Waals surface area contributed by atoms with Crippen LogP contribution in [0.15, 0.2) is 66.9 Å². The normalized spacial score (nSPS) is 13.6. The first-order chi connectivity index (χ1) is 13.7. The number of H-pyrrole nitrogens is 1. The second kappa shape index (κ2) is 6.53. The molecule has 0 radical (unpaired) electrons. The monoisotopic (exact) mass is 369 g/mol. The first-order valence-electron chi connectivity index (χ1n) is 9.36. The van der Waals surface area contributed by atoms with Gasteiger partial charge in [0, 0.05) is 28.5 Å². The molecule has 0 amide bonds. The predicted octanol–water partition coefficient (Wildman–Crippen LogP) is 5.55. The highest BCUT2D eigenvalue weighted by Gasteiger charge is 2.26. The maximum Gasteiger partial charge on any atom is 0.339 e. The Balaban J connectivity index is 1.47. The van der Waals surface area contributed by atoms with Crippen LogP contribution in [0.3, 0.4) is 0 Å². The molecular weight excluding hydrogens is 350 g/mol. The van der Waals surface area contributed by atoms with Gasteiger partial charge in [-0.05, 0) is 60.2 Å². The fourth-order valence-corrected chi connectivity index (χ4v) is 3.50. The van der Waals surface area contributed by atoms with E-state index >= 15 is 0 Å². The number of anilines is 2. The van der Waals surface area contributed by atoms with Crippen molar-refractivity contribution < 1.29 is 9.90 Å². The number of nitrogens with zero attached hydrogens (tertiary/aromatic N) is 1. The number of aromatic nitrogens is 2. The van der Waals surface area contributed by atoms with E-state index in [0.717, 1.165) is 46.3 Å². The van der Waals surface area contributed by atoms with Gasteiger partial charge >= 0.3 is 5.97 Å². The zero-order valence-electron chi connectivity index (χ0n) is 15.1. The lowest BCUT2D eigenvalue weighted by molar-refractivity contribution is 0.0697. The van der Waals surface area contributed by atoms with Gasteiger partial charge in [-0.15, -0.1) is 0 Å². The average Bonchev–Trinajstić information content (AvgIpc) is 3.47. The topological polar surface area (TPSA) is 78.0 Å². The largest absolute Gasteiger partial charge is 0.478 e. The minimum atomic E-state index is -0.966. The minimum absolute atomic E-state index is 0.212. The van der Waals surface area contributed by atoms with E-state index in [-0.39, 0.29) is 5.56 Å². The van der Waals surface area contributed by atoms with Gasteiger partial charge in [-0.1, -0.05) is 30.3 Å². The molecule has 1 aliphatic carbocycles. The Morgan fingerprint density at radius 2 is 1.89 bits per heavy atom. The summed E-state index contributed by atoms with van der Waals surface area (Å²) < 4.78 is 0. The molecule has 0 unspecified atom stereocenters. The van der Waals surface area contributed by atoms with Gasteiger partial charge in [-0.2, -0.15) is 0 Å². The van der Waals surface area contributed by atoms with Gasteiger partial charge in [0.1, 0.15) is 11.4 Å². The third kappa shape index (κ3) is 3.11. The number of carbonyl (C=O) groups is 1. The van der Waals surface area contributed by atoms with Crippen LogP contribution < -0.4 is 5.32 Å². The van der Waals surface area contributed by atoms with E-state index in [1.807, 2.05) is 36.4 Å². The molecule has 28 heavy (non-hydrogen) atoms. The Labute approximate surface area is 162 Å². The molecule has 0 spiro atoms. The minimum Gasteiger partial charge on any atom is -0.478 e. The number of carboxylic acid groups (broad SMARTS) is 1. The summed E-state index contributed by atoms with van der Waals surface area (Å²) in [7, 11) is 0. The number of rotatable bonds is 5. The molecule has 5 heteroatoms. The second-order valence-corrected chi connectivity index (χ2v) is 7.22. The van der Waals surface area contributed by atoms with Crippen molar-refractivity contribution in [1.29, 1.82) is 0 Å². The molecule has 5 nitrogen and oxygen atoms in total. The van der Waals surface area contributed by atoms with Crippen molar-refractivity contribution in [3.63, 3.8) is 0 Å². The van der Waals surface area contributed by atoms with E-state index in [1.54, 1.807) is 12.3 Å². The molecule has 1 aliphatic rings. The van der Waals surface area contributed by atoms with Crippen LogP contribution in [0.1, 0.15) is 34.7 Å². The highest BCUT2D eigenvalue weighted by atomic mass is 16.4. The van der Waals surface area contributed by atoms with Crippen molar-refractivity contribution in [3.05, 3.63) is 78.0 Å². The van der Waals surface area contributed by atoms with Crippen LogP contribution in [-0.4, -0.2) is 21.0 Å². The molecular formula is C23H19N3O2. The van der Waals surface area contributed by atoms with E-state index in [1.165, 1.54) is 0 Å². The molecule has 0 aliphatic heterocycles. The second-order valence-electron chi connectivity index (χ2n) is 7.22. The number of fused-ring (bicyclic) bond motifs is 1. The third-order valence-corrected chi connectivity index (χ3v) is 5.16. The summed E-state index contributed by atoms with van der Waals surface area (Å²) in [4.78, 5) is 19.5. The number of hydrogen-bond donors (Lipinski definition) is 3. The van der Waals surface area contributed by atoms with Crippen LogP contribution >= 0.6 is 0 Å². The highest BCUT2D eigenvalue weighted by molar-refractivity contribution is 5.95. The van der Waals surface area contributed by atoms with Crippen molar-refractivity contribution in [2.75, 3.05) is 5.32 Å². The summed E-state index contributed by atoms with van der Waals surface area (Å²) in [6.45, 7) is 0. The number of aromatic carboxylic acids is 1. The van der Waals surface area contributed by atoms with Crippen LogP contribution in [0.5, 0.6) is 0 Å². The first-order valence-corrected chi connectivity index (χ1v) is 9.36. The molecule has 0 saturated heterocycles. The number of aromatic amines is 1. The fourth-order valence-electron chi connectivity index (χ4n) is 3.50. The molecule has 138 valence electrons. The molecule has 5 rings (SSSR count). The zero-order chi connectivity index (χ0) is 19.1. The molecule has 1 fully saturated rings. The molecule has 0 bridgehead atoms. The van der Waals surface area contributed by atoms with Crippen molar-refractivity contribution in [2.45, 2.75) is 18.8 Å². The maximum atomic E-state index is 11.7. The van der Waals surface area contributed by atoms with Gasteiger partial charge in [0.25, 0.3) is 0 Å². The van der Waals surface area contributed by atoms with Crippen LogP contribution in [0.4, 0.5) is 11.5 Å². The SMILES string of the molecule is O=C(O)c1cc(C2CC2)cnc1Nc1ccc2[nH]c(-c3ccccc3)cc2c1. The standard InChI is InChI=1S/C23H19N3O2/c27-23(28)19-11-17(14-6-7-14)13-24-22(19)25-18-8-9-20-16(10-18)12-21(26-20)15-4-2-1-3-5-15/h1-5,8-14,26H,6-7H2,(H,24,25)(H,27,28). The van der Waals surface area contributed by atoms with Gasteiger partial charge in [-0.3, -0.25) is 0 Å². The maximum absolute atomic E-state index is 11.7. The Morgan fingerprint density at radius 1 is 1.07 bits per heavy atom. The molecule has 2 aromatic carbocycles. The summed E-state index contributed by atoms with van der Waals surface area (Å²) in [5.74, 6) is -0.131.